The van der Waals surface area contributed by atoms with Crippen LogP contribution in [0.15, 0.2) is 56.7 Å². The minimum atomic E-state index is 0.512. The molecule has 0 saturated carbocycles. The summed E-state index contributed by atoms with van der Waals surface area (Å²) >= 11 is 1.57. The zero-order valence-electron chi connectivity index (χ0n) is 11.1. The third-order valence-electron chi connectivity index (χ3n) is 2.95. The number of hydrogen-bond acceptors (Lipinski definition) is 5. The Morgan fingerprint density at radius 3 is 2.70 bits per heavy atom. The van der Waals surface area contributed by atoms with Crippen molar-refractivity contribution in [2.45, 2.75) is 18.6 Å². The topological polar surface area (TPSA) is 52.1 Å². The number of benzene rings is 1. The maximum Gasteiger partial charge on any atom is 0.276 e. The van der Waals surface area contributed by atoms with Gasteiger partial charge in [-0.15, -0.1) is 10.2 Å². The lowest BCUT2D eigenvalue weighted by Crippen LogP contribution is -1.87. The summed E-state index contributed by atoms with van der Waals surface area (Å²) < 4.78 is 10.9. The number of thioether (sulfide) groups is 1. The largest absolute Gasteiger partial charge is 0.469 e. The van der Waals surface area contributed by atoms with Crippen LogP contribution in [0.2, 0.25) is 0 Å². The van der Waals surface area contributed by atoms with E-state index in [4.69, 9.17) is 8.83 Å². The number of aromatic nitrogens is 2. The predicted octanol–water partition coefficient (Wildman–Crippen LogP) is 3.97. The van der Waals surface area contributed by atoms with Crippen molar-refractivity contribution in [2.24, 2.45) is 0 Å². The van der Waals surface area contributed by atoms with E-state index in [1.54, 1.807) is 18.0 Å². The van der Waals surface area contributed by atoms with Crippen molar-refractivity contribution in [3.8, 4) is 11.5 Å². The maximum atomic E-state index is 5.63. The lowest BCUT2D eigenvalue weighted by Gasteiger charge is -1.98. The summed E-state index contributed by atoms with van der Waals surface area (Å²) in [5, 5.41) is 8.69. The quantitative estimate of drug-likeness (QED) is 0.664. The van der Waals surface area contributed by atoms with Crippen LogP contribution >= 0.6 is 11.8 Å². The van der Waals surface area contributed by atoms with Gasteiger partial charge in [-0.2, -0.15) is 0 Å². The van der Waals surface area contributed by atoms with Crippen LogP contribution in [0, 0.1) is 6.92 Å². The summed E-state index contributed by atoms with van der Waals surface area (Å²) in [5.41, 5.74) is 2.16. The Kier molecular flexibility index (Phi) is 3.87. The van der Waals surface area contributed by atoms with Crippen LogP contribution in [0.5, 0.6) is 0 Å². The molecule has 0 amide bonds. The molecule has 0 radical (unpaired) electrons. The van der Waals surface area contributed by atoms with Gasteiger partial charge in [0.05, 0.1) is 11.8 Å². The molecule has 3 rings (SSSR count). The fourth-order valence-corrected chi connectivity index (χ4v) is 2.63. The predicted molar refractivity (Wildman–Crippen MR) is 77.6 cm³/mol. The molecule has 0 atom stereocenters. The molecule has 2 heterocycles. The fraction of sp³-hybridized carbons (Fsp3) is 0.200. The monoisotopic (exact) mass is 286 g/mol. The molecule has 1 aromatic carbocycles. The van der Waals surface area contributed by atoms with Crippen molar-refractivity contribution in [3.05, 3.63) is 54.0 Å². The molecule has 0 aliphatic carbocycles. The van der Waals surface area contributed by atoms with Gasteiger partial charge in [0.15, 0.2) is 0 Å². The molecular formula is C15H14N2O2S. The molecule has 0 N–H and O–H groups in total. The zero-order chi connectivity index (χ0) is 13.8. The lowest BCUT2D eigenvalue weighted by atomic mass is 10.2. The van der Waals surface area contributed by atoms with E-state index in [9.17, 15) is 0 Å². The average molecular weight is 286 g/mol. The van der Waals surface area contributed by atoms with Gasteiger partial charge in [0, 0.05) is 5.75 Å². The van der Waals surface area contributed by atoms with Crippen LogP contribution in [0.25, 0.3) is 11.5 Å². The van der Waals surface area contributed by atoms with Gasteiger partial charge in [0.1, 0.15) is 5.76 Å². The van der Waals surface area contributed by atoms with E-state index in [0.29, 0.717) is 11.1 Å². The van der Waals surface area contributed by atoms with Crippen LogP contribution < -0.4 is 0 Å². The van der Waals surface area contributed by atoms with E-state index < -0.39 is 0 Å². The normalized spacial score (nSPS) is 10.8. The molecule has 0 fully saturated rings. The van der Waals surface area contributed by atoms with Crippen LogP contribution in [0.1, 0.15) is 11.3 Å². The van der Waals surface area contributed by atoms with Gasteiger partial charge in [0.2, 0.25) is 0 Å². The van der Waals surface area contributed by atoms with Crippen molar-refractivity contribution in [1.82, 2.24) is 10.2 Å². The highest BCUT2D eigenvalue weighted by molar-refractivity contribution is 7.99. The fourth-order valence-electron chi connectivity index (χ4n) is 1.88. The van der Waals surface area contributed by atoms with Gasteiger partial charge in [-0.3, -0.25) is 0 Å². The number of furan rings is 1. The minimum absolute atomic E-state index is 0.512. The van der Waals surface area contributed by atoms with Crippen LogP contribution in [0.3, 0.4) is 0 Å². The first-order chi connectivity index (χ1) is 9.83. The highest BCUT2D eigenvalue weighted by Crippen LogP contribution is 2.26. The van der Waals surface area contributed by atoms with Gasteiger partial charge in [-0.1, -0.05) is 42.1 Å². The van der Waals surface area contributed by atoms with Crippen molar-refractivity contribution in [2.75, 3.05) is 5.75 Å². The molecular weight excluding hydrogens is 272 g/mol. The van der Waals surface area contributed by atoms with Crippen molar-refractivity contribution in [3.63, 3.8) is 0 Å². The Hall–Kier alpha value is -2.01. The summed E-state index contributed by atoms with van der Waals surface area (Å²) in [4.78, 5) is 0. The van der Waals surface area contributed by atoms with Crippen molar-refractivity contribution >= 4 is 11.8 Å². The van der Waals surface area contributed by atoms with Crippen LogP contribution in [-0.2, 0) is 6.42 Å². The molecule has 3 aromatic rings. The molecule has 20 heavy (non-hydrogen) atoms. The smallest absolute Gasteiger partial charge is 0.276 e. The molecule has 0 aliphatic rings. The molecule has 0 spiro atoms. The van der Waals surface area contributed by atoms with E-state index >= 15 is 0 Å². The lowest BCUT2D eigenvalue weighted by molar-refractivity contribution is 0.463. The van der Waals surface area contributed by atoms with E-state index in [1.165, 1.54) is 5.56 Å². The highest BCUT2D eigenvalue weighted by Gasteiger charge is 2.12. The number of aryl methyl sites for hydroxylation is 2. The van der Waals surface area contributed by atoms with Gasteiger partial charge < -0.3 is 8.83 Å². The Labute approximate surface area is 121 Å². The van der Waals surface area contributed by atoms with E-state index in [-0.39, 0.29) is 0 Å². The first-order valence-electron chi connectivity index (χ1n) is 6.37. The molecule has 0 saturated heterocycles. The first kappa shape index (κ1) is 13.0. The zero-order valence-corrected chi connectivity index (χ0v) is 11.9. The van der Waals surface area contributed by atoms with E-state index in [0.717, 1.165) is 23.5 Å². The highest BCUT2D eigenvalue weighted by atomic mass is 32.2. The third kappa shape index (κ3) is 2.93. The summed E-state index contributed by atoms with van der Waals surface area (Å²) in [6.45, 7) is 1.88. The SMILES string of the molecule is Cc1occc1-c1nnc(SCCc2ccccc2)o1. The standard InChI is InChI=1S/C15H14N2O2S/c1-11-13(7-9-18-11)14-16-17-15(19-14)20-10-8-12-5-3-2-4-6-12/h2-7,9H,8,10H2,1H3. The number of rotatable bonds is 5. The van der Waals surface area contributed by atoms with Gasteiger partial charge in [-0.05, 0) is 25.0 Å². The Balaban J connectivity index is 1.59. The second kappa shape index (κ2) is 5.96. The summed E-state index contributed by atoms with van der Waals surface area (Å²) in [7, 11) is 0. The van der Waals surface area contributed by atoms with E-state index in [2.05, 4.69) is 22.3 Å². The van der Waals surface area contributed by atoms with Crippen molar-refractivity contribution in [1.29, 1.82) is 0 Å². The van der Waals surface area contributed by atoms with Gasteiger partial charge in [-0.25, -0.2) is 0 Å². The van der Waals surface area contributed by atoms with Gasteiger partial charge in [0.25, 0.3) is 11.1 Å². The second-order valence-electron chi connectivity index (χ2n) is 4.35. The average Bonchev–Trinajstić information content (AvgIpc) is 3.09. The molecule has 0 unspecified atom stereocenters. The summed E-state index contributed by atoms with van der Waals surface area (Å²) in [6.07, 6.45) is 2.60. The minimum Gasteiger partial charge on any atom is -0.469 e. The molecule has 4 nitrogen and oxygen atoms in total. The summed E-state index contributed by atoms with van der Waals surface area (Å²) in [6, 6.07) is 12.2. The number of nitrogens with zero attached hydrogens (tertiary/aromatic N) is 2. The van der Waals surface area contributed by atoms with Crippen LogP contribution in [-0.4, -0.2) is 16.0 Å². The Morgan fingerprint density at radius 2 is 1.95 bits per heavy atom. The second-order valence-corrected chi connectivity index (χ2v) is 5.39. The molecule has 102 valence electrons. The molecule has 0 bridgehead atoms. The molecule has 5 heteroatoms. The molecule has 0 aliphatic heterocycles. The molecule has 2 aromatic heterocycles. The van der Waals surface area contributed by atoms with Gasteiger partial charge >= 0.3 is 0 Å². The maximum absolute atomic E-state index is 5.63. The number of hydrogen-bond donors (Lipinski definition) is 0. The Bertz CT molecular complexity index is 676. The Morgan fingerprint density at radius 1 is 1.10 bits per heavy atom. The van der Waals surface area contributed by atoms with Crippen molar-refractivity contribution < 1.29 is 8.83 Å². The van der Waals surface area contributed by atoms with E-state index in [1.807, 2.05) is 31.2 Å². The summed E-state index contributed by atoms with van der Waals surface area (Å²) in [5.74, 6) is 2.21. The van der Waals surface area contributed by atoms with Crippen LogP contribution in [0.4, 0.5) is 0 Å². The third-order valence-corrected chi connectivity index (χ3v) is 3.77. The first-order valence-corrected chi connectivity index (χ1v) is 7.36.